The minimum atomic E-state index is -0.893. The summed E-state index contributed by atoms with van der Waals surface area (Å²) in [5.74, 6) is 0.253. The number of nitrogens with two attached hydrogens (primary N) is 1. The van der Waals surface area contributed by atoms with Crippen LogP contribution < -0.4 is 5.73 Å². The van der Waals surface area contributed by atoms with Crippen molar-refractivity contribution >= 4 is 27.8 Å². The molecule has 0 radical (unpaired) electrons. The van der Waals surface area contributed by atoms with Gasteiger partial charge in [0.15, 0.2) is 0 Å². The van der Waals surface area contributed by atoms with Crippen LogP contribution in [0.15, 0.2) is 42.9 Å². The van der Waals surface area contributed by atoms with E-state index in [1.807, 2.05) is 16.8 Å². The van der Waals surface area contributed by atoms with Crippen molar-refractivity contribution in [3.05, 3.63) is 54.1 Å². The quantitative estimate of drug-likeness (QED) is 0.362. The fourth-order valence-electron chi connectivity index (χ4n) is 6.88. The van der Waals surface area contributed by atoms with Crippen molar-refractivity contribution < 1.29 is 10.2 Å². The highest BCUT2D eigenvalue weighted by Gasteiger charge is 2.44. The maximum atomic E-state index is 11.0. The molecule has 0 unspecified atom stereocenters. The number of likely N-dealkylation sites (tertiary alicyclic amines) is 1. The van der Waals surface area contributed by atoms with Gasteiger partial charge in [0.2, 0.25) is 0 Å². The molecule has 0 bridgehead atoms. The van der Waals surface area contributed by atoms with Crippen LogP contribution in [0.5, 0.6) is 0 Å². The van der Waals surface area contributed by atoms with Gasteiger partial charge in [0.05, 0.1) is 17.5 Å². The summed E-state index contributed by atoms with van der Waals surface area (Å²) in [7, 11) is 0. The second-order valence-electron chi connectivity index (χ2n) is 11.1. The Hall–Kier alpha value is -2.94. The fourth-order valence-corrected chi connectivity index (χ4v) is 6.88. The highest BCUT2D eigenvalue weighted by atomic mass is 16.3. The number of nitrogens with one attached hydrogen (secondary N) is 1. The third-order valence-corrected chi connectivity index (χ3v) is 9.01. The molecule has 182 valence electrons. The number of aliphatic hydroxyl groups excluding tert-OH is 2. The molecule has 0 amide bonds. The van der Waals surface area contributed by atoms with Gasteiger partial charge in [0.1, 0.15) is 23.9 Å². The first kappa shape index (κ1) is 21.4. The number of rotatable bonds is 4. The van der Waals surface area contributed by atoms with Crippen molar-refractivity contribution in [3.63, 3.8) is 0 Å². The topological polar surface area (TPSA) is 116 Å². The van der Waals surface area contributed by atoms with Crippen LogP contribution in [0.25, 0.3) is 21.9 Å². The SMILES string of the molecule is Nc1ncnc2c1ccn2[C@@H]1C[C@H](c2ccc3cc(CN4CCC5(CCC5)C4)[nH]c3c2)[C@@H](O)[C@H]1O. The van der Waals surface area contributed by atoms with Gasteiger partial charge >= 0.3 is 0 Å². The number of aromatic nitrogens is 4. The van der Waals surface area contributed by atoms with Crippen molar-refractivity contribution in [3.8, 4) is 0 Å². The lowest BCUT2D eigenvalue weighted by Gasteiger charge is -2.38. The van der Waals surface area contributed by atoms with Crippen LogP contribution in [0.2, 0.25) is 0 Å². The van der Waals surface area contributed by atoms with E-state index in [1.54, 1.807) is 0 Å². The Labute approximate surface area is 203 Å². The number of nitrogens with zero attached hydrogens (tertiary/aromatic N) is 4. The molecule has 1 spiro atoms. The maximum Gasteiger partial charge on any atom is 0.145 e. The van der Waals surface area contributed by atoms with Gasteiger partial charge < -0.3 is 25.5 Å². The molecule has 3 fully saturated rings. The van der Waals surface area contributed by atoms with E-state index in [0.29, 0.717) is 23.3 Å². The smallest absolute Gasteiger partial charge is 0.145 e. The molecular formula is C27H32N6O2. The lowest BCUT2D eigenvalue weighted by molar-refractivity contribution is 0.0179. The minimum Gasteiger partial charge on any atom is -0.390 e. The molecule has 4 aromatic rings. The largest absolute Gasteiger partial charge is 0.390 e. The molecule has 4 heterocycles. The molecule has 4 atom stereocenters. The standard InChI is InChI=1S/C27H32N6O2/c28-25-19-4-8-33(26(19)30-15-29-25)22-12-20(23(34)24(22)35)16-2-3-17-10-18(31-21(17)11-16)13-32-9-7-27(14-32)5-1-6-27/h2-4,8,10-11,15,20,22-24,31,34-35H,1,5-7,9,12-14H2,(H2,28,29,30)/t20-,22-,23-,24+/m1/s1. The van der Waals surface area contributed by atoms with E-state index in [-0.39, 0.29) is 12.0 Å². The summed E-state index contributed by atoms with van der Waals surface area (Å²) >= 11 is 0. The number of aromatic amines is 1. The second kappa shape index (κ2) is 7.78. The van der Waals surface area contributed by atoms with Crippen molar-refractivity contribution in [2.45, 2.75) is 62.8 Å². The van der Waals surface area contributed by atoms with Crippen LogP contribution in [0.1, 0.15) is 55.3 Å². The lowest BCUT2D eigenvalue weighted by Crippen LogP contribution is -2.32. The lowest BCUT2D eigenvalue weighted by atomic mass is 9.68. The summed E-state index contributed by atoms with van der Waals surface area (Å²) in [6.07, 6.45) is 7.72. The Morgan fingerprint density at radius 3 is 2.77 bits per heavy atom. The number of benzene rings is 1. The Bertz CT molecular complexity index is 1410. The highest BCUT2D eigenvalue weighted by molar-refractivity contribution is 5.86. The predicted molar refractivity (Wildman–Crippen MR) is 135 cm³/mol. The zero-order valence-electron chi connectivity index (χ0n) is 19.8. The van der Waals surface area contributed by atoms with Gasteiger partial charge in [0, 0.05) is 36.4 Å². The summed E-state index contributed by atoms with van der Waals surface area (Å²) < 4.78 is 1.93. The number of hydrogen-bond donors (Lipinski definition) is 4. The first-order valence-electron chi connectivity index (χ1n) is 12.8. The molecule has 2 saturated carbocycles. The maximum absolute atomic E-state index is 11.0. The van der Waals surface area contributed by atoms with Crippen LogP contribution in [0.3, 0.4) is 0 Å². The van der Waals surface area contributed by atoms with Gasteiger partial charge in [0.25, 0.3) is 0 Å². The van der Waals surface area contributed by atoms with Crippen molar-refractivity contribution in [2.24, 2.45) is 5.41 Å². The van der Waals surface area contributed by atoms with Crippen molar-refractivity contribution in [1.82, 2.24) is 24.4 Å². The Morgan fingerprint density at radius 2 is 1.97 bits per heavy atom. The number of H-pyrrole nitrogens is 1. The summed E-state index contributed by atoms with van der Waals surface area (Å²) in [4.78, 5) is 14.6. The van der Waals surface area contributed by atoms with Crippen LogP contribution >= 0.6 is 0 Å². The van der Waals surface area contributed by atoms with E-state index in [1.165, 1.54) is 56.2 Å². The summed E-state index contributed by atoms with van der Waals surface area (Å²) in [6, 6.07) is 10.2. The van der Waals surface area contributed by atoms with Gasteiger partial charge in [-0.15, -0.1) is 0 Å². The van der Waals surface area contributed by atoms with E-state index < -0.39 is 12.2 Å². The molecule has 3 aliphatic rings. The summed E-state index contributed by atoms with van der Waals surface area (Å²) in [6.45, 7) is 3.38. The summed E-state index contributed by atoms with van der Waals surface area (Å²) in [5.41, 5.74) is 10.7. The molecule has 35 heavy (non-hydrogen) atoms. The van der Waals surface area contributed by atoms with Crippen LogP contribution in [-0.4, -0.2) is 59.9 Å². The number of aliphatic hydroxyl groups is 2. The normalized spacial score (nSPS) is 28.4. The zero-order valence-corrected chi connectivity index (χ0v) is 19.8. The van der Waals surface area contributed by atoms with Crippen molar-refractivity contribution in [1.29, 1.82) is 0 Å². The average molecular weight is 473 g/mol. The van der Waals surface area contributed by atoms with E-state index >= 15 is 0 Å². The van der Waals surface area contributed by atoms with Gasteiger partial charge in [-0.25, -0.2) is 9.97 Å². The molecule has 1 aromatic carbocycles. The first-order chi connectivity index (χ1) is 17.0. The monoisotopic (exact) mass is 472 g/mol. The van der Waals surface area contributed by atoms with Crippen molar-refractivity contribution in [2.75, 3.05) is 18.8 Å². The van der Waals surface area contributed by atoms with E-state index in [4.69, 9.17) is 5.73 Å². The average Bonchev–Trinajstić information content (AvgIpc) is 3.59. The number of anilines is 1. The van der Waals surface area contributed by atoms with Gasteiger partial charge in [-0.1, -0.05) is 18.6 Å². The number of hydrogen-bond acceptors (Lipinski definition) is 6. The molecule has 7 rings (SSSR count). The second-order valence-corrected chi connectivity index (χ2v) is 11.1. The number of fused-ring (bicyclic) bond motifs is 2. The van der Waals surface area contributed by atoms with Crippen LogP contribution in [-0.2, 0) is 6.54 Å². The Balaban J connectivity index is 1.13. The van der Waals surface area contributed by atoms with Gasteiger partial charge in [-0.3, -0.25) is 4.90 Å². The van der Waals surface area contributed by atoms with Gasteiger partial charge in [-0.05, 0) is 66.8 Å². The molecule has 3 aromatic heterocycles. The molecule has 8 heteroatoms. The van der Waals surface area contributed by atoms with Gasteiger partial charge in [-0.2, -0.15) is 0 Å². The highest BCUT2D eigenvalue weighted by Crippen LogP contribution is 2.48. The molecule has 8 nitrogen and oxygen atoms in total. The minimum absolute atomic E-state index is 0.167. The molecular weight excluding hydrogens is 440 g/mol. The summed E-state index contributed by atoms with van der Waals surface area (Å²) in [5, 5.41) is 23.9. The van der Waals surface area contributed by atoms with Crippen LogP contribution in [0.4, 0.5) is 5.82 Å². The fraction of sp³-hybridized carbons (Fsp3) is 0.481. The molecule has 1 aliphatic heterocycles. The molecule has 1 saturated heterocycles. The number of nitrogen functional groups attached to an aromatic ring is 1. The van der Waals surface area contributed by atoms with E-state index in [0.717, 1.165) is 23.0 Å². The molecule has 2 aliphatic carbocycles. The zero-order chi connectivity index (χ0) is 23.7. The Morgan fingerprint density at radius 1 is 1.09 bits per heavy atom. The predicted octanol–water partition coefficient (Wildman–Crippen LogP) is 3.32. The third kappa shape index (κ3) is 3.38. The van der Waals surface area contributed by atoms with Crippen LogP contribution in [0, 0.1) is 5.41 Å². The molecule has 5 N–H and O–H groups in total. The third-order valence-electron chi connectivity index (χ3n) is 9.01. The van der Waals surface area contributed by atoms with E-state index in [9.17, 15) is 10.2 Å². The first-order valence-corrected chi connectivity index (χ1v) is 12.8. The van der Waals surface area contributed by atoms with E-state index in [2.05, 4.69) is 44.1 Å². The Kier molecular flexibility index (Phi) is 4.75.